The molecule has 1 aromatic carbocycles. The van der Waals surface area contributed by atoms with Crippen molar-refractivity contribution in [2.75, 3.05) is 32.8 Å². The van der Waals surface area contributed by atoms with E-state index in [-0.39, 0.29) is 57.7 Å². The summed E-state index contributed by atoms with van der Waals surface area (Å²) in [6.45, 7) is 7.22. The minimum atomic E-state index is -1.81. The van der Waals surface area contributed by atoms with Crippen molar-refractivity contribution in [1.82, 2.24) is 53.2 Å². The van der Waals surface area contributed by atoms with E-state index in [9.17, 15) is 63.3 Å². The molecule has 0 saturated carbocycles. The number of hydrogen-bond donors (Lipinski definition) is 16. The molecule has 2 rings (SSSR count). The maximum atomic E-state index is 14.3. The molecule has 10 amide bonds. The standard InChI is InChI=1S/C45H73N13O13/c1-6-34(62)57-36(25(5)61)45(71)56-33(22-59)43(69)53-30-15-19-49-44(70)35(24(4)60)58-40(66)29(14-18-48)51-37(63)27(12-16-46)52-41(67)31(20-23(2)3)54-42(68)32(21-26-10-8-7-9-11-26)55-38(64)28(13-17-47)50-39(30)65/h6-11,23-25,27-33,35-36,59-61H,1,12-22,46-48H2,2-5H3,(H,49,70)(H,50,65)(H,51,63)(H,52,67)(H,53,69)(H,54,68)(H,55,64)(H,56,71)(H,57,62)(H,58,66)/t24-,25-,27+,28+,29+,30+,31+,32-,33-,35+,36+/m1/s1. The predicted molar refractivity (Wildman–Crippen MR) is 256 cm³/mol. The van der Waals surface area contributed by atoms with Crippen LogP contribution in [0, 0.1) is 5.92 Å². The quantitative estimate of drug-likeness (QED) is 0.0573. The van der Waals surface area contributed by atoms with Gasteiger partial charge in [0.05, 0.1) is 18.8 Å². The first kappa shape index (κ1) is 60.5. The minimum Gasteiger partial charge on any atom is -0.394 e. The highest BCUT2D eigenvalue weighted by molar-refractivity contribution is 5.99. The zero-order chi connectivity index (χ0) is 53.4. The number of aliphatic hydroxyl groups is 3. The molecule has 0 aromatic heterocycles. The second-order valence-corrected chi connectivity index (χ2v) is 17.4. The molecule has 1 saturated heterocycles. The van der Waals surface area contributed by atoms with Gasteiger partial charge in [0.1, 0.15) is 54.4 Å². The Balaban J connectivity index is 2.73. The number of benzene rings is 1. The SMILES string of the molecule is C=CC(=O)N[C@H](C(=O)N[C@H](CO)C(=O)N[C@H]1CCNC(=O)[C@H]([C@@H](C)O)NC(=O)[C@H](CCN)NC(=O)[C@H](CCN)NC(=O)[C@H](CC(C)C)NC(=O)[C@@H](Cc2ccccc2)NC(=O)[C@H](CCN)NC1=O)[C@@H](C)O. The van der Waals surface area contributed by atoms with Crippen molar-refractivity contribution >= 4 is 59.1 Å². The molecule has 396 valence electrons. The van der Waals surface area contributed by atoms with Crippen LogP contribution in [-0.4, -0.2) is 174 Å². The molecule has 1 heterocycles. The van der Waals surface area contributed by atoms with Crippen molar-refractivity contribution < 1.29 is 63.3 Å². The Morgan fingerprint density at radius 3 is 1.63 bits per heavy atom. The molecular formula is C45H73N13O13. The first-order valence-electron chi connectivity index (χ1n) is 23.4. The Kier molecular flexibility index (Phi) is 26.4. The second kappa shape index (κ2) is 30.9. The maximum absolute atomic E-state index is 14.3. The highest BCUT2D eigenvalue weighted by atomic mass is 16.3. The van der Waals surface area contributed by atoms with E-state index in [1.807, 2.05) is 0 Å². The van der Waals surface area contributed by atoms with Gasteiger partial charge < -0.3 is 85.7 Å². The van der Waals surface area contributed by atoms with E-state index in [1.54, 1.807) is 44.2 Å². The van der Waals surface area contributed by atoms with Gasteiger partial charge in [-0.25, -0.2) is 0 Å². The molecule has 0 bridgehead atoms. The molecule has 71 heavy (non-hydrogen) atoms. The van der Waals surface area contributed by atoms with Gasteiger partial charge in [-0.15, -0.1) is 0 Å². The average molecular weight is 1000 g/mol. The smallest absolute Gasteiger partial charge is 0.245 e. The first-order valence-corrected chi connectivity index (χ1v) is 23.4. The molecule has 0 spiro atoms. The van der Waals surface area contributed by atoms with Gasteiger partial charge in [0.25, 0.3) is 0 Å². The van der Waals surface area contributed by atoms with Crippen LogP contribution < -0.4 is 70.4 Å². The third-order valence-electron chi connectivity index (χ3n) is 11.0. The molecule has 0 unspecified atom stereocenters. The number of carbonyl (C=O) groups excluding carboxylic acids is 10. The highest BCUT2D eigenvalue weighted by Gasteiger charge is 2.37. The Hall–Kier alpha value is -6.58. The molecule has 1 aliphatic rings. The Labute approximate surface area is 411 Å². The predicted octanol–water partition coefficient (Wildman–Crippen LogP) is -6.86. The van der Waals surface area contributed by atoms with Crippen LogP contribution in [0.1, 0.15) is 65.4 Å². The van der Waals surface area contributed by atoms with E-state index >= 15 is 0 Å². The van der Waals surface area contributed by atoms with Gasteiger partial charge in [-0.05, 0) is 83.1 Å². The maximum Gasteiger partial charge on any atom is 0.245 e. The van der Waals surface area contributed by atoms with Gasteiger partial charge in [-0.3, -0.25) is 47.9 Å². The largest absolute Gasteiger partial charge is 0.394 e. The van der Waals surface area contributed by atoms with Gasteiger partial charge in [-0.1, -0.05) is 50.8 Å². The van der Waals surface area contributed by atoms with Crippen molar-refractivity contribution in [3.05, 3.63) is 48.6 Å². The molecule has 1 aliphatic heterocycles. The number of amides is 10. The molecule has 26 nitrogen and oxygen atoms in total. The van der Waals surface area contributed by atoms with E-state index in [4.69, 9.17) is 17.2 Å². The molecule has 19 N–H and O–H groups in total. The van der Waals surface area contributed by atoms with Crippen LogP contribution >= 0.6 is 0 Å². The Morgan fingerprint density at radius 2 is 1.15 bits per heavy atom. The van der Waals surface area contributed by atoms with Gasteiger partial charge in [0.15, 0.2) is 0 Å². The topological polar surface area (TPSA) is 430 Å². The third kappa shape index (κ3) is 20.4. The molecule has 26 heteroatoms. The zero-order valence-electron chi connectivity index (χ0n) is 40.5. The second-order valence-electron chi connectivity index (χ2n) is 17.4. The Morgan fingerprint density at radius 1 is 0.676 bits per heavy atom. The molecule has 0 aliphatic carbocycles. The van der Waals surface area contributed by atoms with Crippen LogP contribution in [0.15, 0.2) is 43.0 Å². The lowest BCUT2D eigenvalue weighted by Gasteiger charge is -2.28. The normalized spacial score (nSPS) is 24.2. The molecule has 11 atom stereocenters. The van der Waals surface area contributed by atoms with Gasteiger partial charge in [0, 0.05) is 13.0 Å². The van der Waals surface area contributed by atoms with E-state index < -0.39 is 145 Å². The summed E-state index contributed by atoms with van der Waals surface area (Å²) in [5, 5.41) is 55.5. The van der Waals surface area contributed by atoms with Crippen LogP contribution in [0.4, 0.5) is 0 Å². The fourth-order valence-electron chi connectivity index (χ4n) is 7.15. The third-order valence-corrected chi connectivity index (χ3v) is 11.0. The lowest BCUT2D eigenvalue weighted by atomic mass is 10.00. The number of carbonyl (C=O) groups is 10. The number of rotatable bonds is 19. The average Bonchev–Trinajstić information content (AvgIpc) is 3.31. The summed E-state index contributed by atoms with van der Waals surface area (Å²) >= 11 is 0. The van der Waals surface area contributed by atoms with Crippen LogP contribution in [0.25, 0.3) is 0 Å². The van der Waals surface area contributed by atoms with Crippen LogP contribution in [0.2, 0.25) is 0 Å². The van der Waals surface area contributed by atoms with Gasteiger partial charge in [0.2, 0.25) is 59.1 Å². The fraction of sp³-hybridized carbons (Fsp3) is 0.600. The van der Waals surface area contributed by atoms with Crippen LogP contribution in [0.3, 0.4) is 0 Å². The van der Waals surface area contributed by atoms with Crippen molar-refractivity contribution in [2.45, 2.75) is 133 Å². The molecule has 1 aromatic rings. The van der Waals surface area contributed by atoms with Crippen molar-refractivity contribution in [3.8, 4) is 0 Å². The van der Waals surface area contributed by atoms with Gasteiger partial charge in [-0.2, -0.15) is 0 Å². The van der Waals surface area contributed by atoms with Gasteiger partial charge >= 0.3 is 0 Å². The van der Waals surface area contributed by atoms with E-state index in [0.29, 0.717) is 5.56 Å². The monoisotopic (exact) mass is 1000 g/mol. The summed E-state index contributed by atoms with van der Waals surface area (Å²) in [6.07, 6.45) is -3.30. The number of nitrogens with two attached hydrogens (primary N) is 3. The fourth-order valence-corrected chi connectivity index (χ4v) is 7.15. The van der Waals surface area contributed by atoms with Crippen molar-refractivity contribution in [3.63, 3.8) is 0 Å². The lowest BCUT2D eigenvalue weighted by Crippen LogP contribution is -2.61. The summed E-state index contributed by atoms with van der Waals surface area (Å²) in [5.41, 5.74) is 18.1. The van der Waals surface area contributed by atoms with E-state index in [0.717, 1.165) is 6.08 Å². The number of nitrogens with one attached hydrogen (secondary N) is 10. The van der Waals surface area contributed by atoms with Crippen molar-refractivity contribution in [1.29, 1.82) is 0 Å². The number of hydrogen-bond acceptors (Lipinski definition) is 16. The molecular weight excluding hydrogens is 931 g/mol. The summed E-state index contributed by atoms with van der Waals surface area (Å²) in [5.74, 6) is -9.77. The summed E-state index contributed by atoms with van der Waals surface area (Å²) in [4.78, 5) is 136. The van der Waals surface area contributed by atoms with E-state index in [2.05, 4.69) is 59.7 Å². The van der Waals surface area contributed by atoms with E-state index in [1.165, 1.54) is 13.8 Å². The van der Waals surface area contributed by atoms with Crippen LogP contribution in [-0.2, 0) is 54.4 Å². The lowest BCUT2D eigenvalue weighted by molar-refractivity contribution is -0.136. The summed E-state index contributed by atoms with van der Waals surface area (Å²) in [7, 11) is 0. The Bertz CT molecular complexity index is 1990. The zero-order valence-corrected chi connectivity index (χ0v) is 40.5. The summed E-state index contributed by atoms with van der Waals surface area (Å²) < 4.78 is 0. The molecule has 0 radical (unpaired) electrons. The highest BCUT2D eigenvalue weighted by Crippen LogP contribution is 2.11. The minimum absolute atomic E-state index is 0.0499. The summed E-state index contributed by atoms with van der Waals surface area (Å²) in [6, 6.07) is -5.23. The number of aliphatic hydroxyl groups excluding tert-OH is 3. The molecule has 1 fully saturated rings. The van der Waals surface area contributed by atoms with Crippen molar-refractivity contribution in [2.24, 2.45) is 23.1 Å². The first-order chi connectivity index (χ1) is 33.6. The van der Waals surface area contributed by atoms with Crippen LogP contribution in [0.5, 0.6) is 0 Å².